The second kappa shape index (κ2) is 6.29. The lowest BCUT2D eigenvalue weighted by Crippen LogP contribution is -2.40. The lowest BCUT2D eigenvalue weighted by Gasteiger charge is -2.22. The van der Waals surface area contributed by atoms with Gasteiger partial charge in [0.15, 0.2) is 0 Å². The zero-order valence-electron chi connectivity index (χ0n) is 13.2. The standard InChI is InChI=1S/C17H14BrN3O4/c1-17(12-3-2-4-13(18)9-12)15(22)20(16(23)19-17)10-11-5-7-14(8-6-11)21(24)25/h2-9H,10H2,1H3,(H,19,23)/t17-/m0/s1. The van der Waals surface area contributed by atoms with Crippen LogP contribution in [0.4, 0.5) is 10.5 Å². The second-order valence-corrected chi connectivity index (χ2v) is 6.80. The van der Waals surface area contributed by atoms with Gasteiger partial charge in [0.2, 0.25) is 0 Å². The Balaban J connectivity index is 1.85. The van der Waals surface area contributed by atoms with E-state index >= 15 is 0 Å². The van der Waals surface area contributed by atoms with Crippen molar-refractivity contribution in [2.24, 2.45) is 0 Å². The van der Waals surface area contributed by atoms with Gasteiger partial charge in [-0.15, -0.1) is 0 Å². The molecule has 2 aromatic rings. The lowest BCUT2D eigenvalue weighted by atomic mass is 9.92. The Morgan fingerprint density at radius 3 is 2.48 bits per heavy atom. The fourth-order valence-corrected chi connectivity index (χ4v) is 3.14. The lowest BCUT2D eigenvalue weighted by molar-refractivity contribution is -0.384. The van der Waals surface area contributed by atoms with Crippen molar-refractivity contribution in [2.75, 3.05) is 0 Å². The Hall–Kier alpha value is -2.74. The fraction of sp³-hybridized carbons (Fsp3) is 0.176. The molecule has 8 heteroatoms. The molecule has 1 aliphatic rings. The number of rotatable bonds is 4. The van der Waals surface area contributed by atoms with Gasteiger partial charge in [0.05, 0.1) is 11.5 Å². The third-order valence-corrected chi connectivity index (χ3v) is 4.66. The molecule has 1 fully saturated rings. The summed E-state index contributed by atoms with van der Waals surface area (Å²) in [7, 11) is 0. The number of benzene rings is 2. The summed E-state index contributed by atoms with van der Waals surface area (Å²) in [5.41, 5.74) is 0.112. The van der Waals surface area contributed by atoms with E-state index < -0.39 is 16.5 Å². The normalized spacial score (nSPS) is 19.8. The molecule has 0 aliphatic carbocycles. The molecule has 0 bridgehead atoms. The van der Waals surface area contributed by atoms with Crippen molar-refractivity contribution in [3.63, 3.8) is 0 Å². The van der Waals surface area contributed by atoms with E-state index in [-0.39, 0.29) is 18.1 Å². The van der Waals surface area contributed by atoms with Crippen molar-refractivity contribution in [3.8, 4) is 0 Å². The second-order valence-electron chi connectivity index (χ2n) is 5.88. The summed E-state index contributed by atoms with van der Waals surface area (Å²) >= 11 is 3.36. The molecule has 0 radical (unpaired) electrons. The summed E-state index contributed by atoms with van der Waals surface area (Å²) in [6.07, 6.45) is 0. The molecule has 0 unspecified atom stereocenters. The molecule has 2 aromatic carbocycles. The van der Waals surface area contributed by atoms with Crippen LogP contribution in [0.15, 0.2) is 53.0 Å². The number of nitro benzene ring substituents is 1. The summed E-state index contributed by atoms with van der Waals surface area (Å²) in [6.45, 7) is 1.71. The molecule has 1 N–H and O–H groups in total. The molecule has 1 aliphatic heterocycles. The van der Waals surface area contributed by atoms with Crippen LogP contribution < -0.4 is 5.32 Å². The zero-order chi connectivity index (χ0) is 18.2. The molecular formula is C17H14BrN3O4. The maximum Gasteiger partial charge on any atom is 0.325 e. The molecular weight excluding hydrogens is 390 g/mol. The molecule has 0 spiro atoms. The molecule has 3 rings (SSSR count). The first-order valence-corrected chi connectivity index (χ1v) is 8.24. The topological polar surface area (TPSA) is 92.6 Å². The quantitative estimate of drug-likeness (QED) is 0.481. The molecule has 1 saturated heterocycles. The number of nitrogens with one attached hydrogen (secondary N) is 1. The molecule has 0 saturated carbocycles. The Bertz CT molecular complexity index is 868. The Morgan fingerprint density at radius 1 is 1.20 bits per heavy atom. The van der Waals surface area contributed by atoms with Gasteiger partial charge in [-0.05, 0) is 30.2 Å². The number of non-ortho nitro benzene ring substituents is 1. The maximum absolute atomic E-state index is 12.8. The number of nitro groups is 1. The van der Waals surface area contributed by atoms with E-state index in [9.17, 15) is 19.7 Å². The van der Waals surface area contributed by atoms with Crippen molar-refractivity contribution >= 4 is 33.6 Å². The number of amides is 3. The highest BCUT2D eigenvalue weighted by Gasteiger charge is 2.48. The third kappa shape index (κ3) is 3.12. The van der Waals surface area contributed by atoms with Gasteiger partial charge in [-0.1, -0.05) is 40.2 Å². The van der Waals surface area contributed by atoms with Gasteiger partial charge in [0.25, 0.3) is 11.6 Å². The van der Waals surface area contributed by atoms with E-state index in [1.807, 2.05) is 6.07 Å². The van der Waals surface area contributed by atoms with Crippen LogP contribution in [0.2, 0.25) is 0 Å². The molecule has 3 amide bonds. The Kier molecular flexibility index (Phi) is 4.30. The van der Waals surface area contributed by atoms with Crippen molar-refractivity contribution in [3.05, 3.63) is 74.2 Å². The highest BCUT2D eigenvalue weighted by atomic mass is 79.9. The van der Waals surface area contributed by atoms with Crippen LogP contribution in [0.1, 0.15) is 18.1 Å². The zero-order valence-corrected chi connectivity index (χ0v) is 14.8. The number of hydrogen-bond donors (Lipinski definition) is 1. The maximum atomic E-state index is 12.8. The fourth-order valence-electron chi connectivity index (χ4n) is 2.74. The van der Waals surface area contributed by atoms with Crippen LogP contribution in [-0.4, -0.2) is 21.8 Å². The van der Waals surface area contributed by atoms with Gasteiger partial charge in [-0.3, -0.25) is 19.8 Å². The molecule has 7 nitrogen and oxygen atoms in total. The number of nitrogens with zero attached hydrogens (tertiary/aromatic N) is 2. The Morgan fingerprint density at radius 2 is 1.88 bits per heavy atom. The van der Waals surface area contributed by atoms with Crippen LogP contribution in [0, 0.1) is 10.1 Å². The number of carbonyl (C=O) groups is 2. The average Bonchev–Trinajstić information content (AvgIpc) is 2.80. The van der Waals surface area contributed by atoms with Gasteiger partial charge < -0.3 is 5.32 Å². The first-order chi connectivity index (χ1) is 11.8. The van der Waals surface area contributed by atoms with Crippen molar-refractivity contribution in [1.29, 1.82) is 0 Å². The van der Waals surface area contributed by atoms with Crippen LogP contribution in [0.5, 0.6) is 0 Å². The smallest absolute Gasteiger partial charge is 0.319 e. The van der Waals surface area contributed by atoms with E-state index in [1.54, 1.807) is 25.1 Å². The molecule has 1 heterocycles. The van der Waals surface area contributed by atoms with E-state index in [4.69, 9.17) is 0 Å². The summed E-state index contributed by atoms with van der Waals surface area (Å²) < 4.78 is 0.807. The van der Waals surface area contributed by atoms with E-state index in [0.29, 0.717) is 11.1 Å². The van der Waals surface area contributed by atoms with E-state index in [1.165, 1.54) is 24.3 Å². The first kappa shape index (κ1) is 17.1. The van der Waals surface area contributed by atoms with Crippen LogP contribution in [-0.2, 0) is 16.9 Å². The molecule has 0 aromatic heterocycles. The van der Waals surface area contributed by atoms with Crippen LogP contribution in [0.3, 0.4) is 0 Å². The average molecular weight is 404 g/mol. The minimum Gasteiger partial charge on any atom is -0.319 e. The Labute approximate surface area is 151 Å². The van der Waals surface area contributed by atoms with Crippen molar-refractivity contribution in [1.82, 2.24) is 10.2 Å². The summed E-state index contributed by atoms with van der Waals surface area (Å²) in [5.74, 6) is -0.367. The summed E-state index contributed by atoms with van der Waals surface area (Å²) in [6, 6.07) is 12.5. The van der Waals surface area contributed by atoms with Crippen LogP contribution in [0.25, 0.3) is 0 Å². The number of imide groups is 1. The van der Waals surface area contributed by atoms with Gasteiger partial charge in [-0.25, -0.2) is 4.79 Å². The molecule has 25 heavy (non-hydrogen) atoms. The summed E-state index contributed by atoms with van der Waals surface area (Å²) in [4.78, 5) is 36.5. The minimum atomic E-state index is -1.15. The van der Waals surface area contributed by atoms with Gasteiger partial charge in [0, 0.05) is 16.6 Å². The molecule has 128 valence electrons. The van der Waals surface area contributed by atoms with Gasteiger partial charge in [-0.2, -0.15) is 0 Å². The largest absolute Gasteiger partial charge is 0.325 e. The van der Waals surface area contributed by atoms with E-state index in [0.717, 1.165) is 9.37 Å². The summed E-state index contributed by atoms with van der Waals surface area (Å²) in [5, 5.41) is 13.4. The monoisotopic (exact) mass is 403 g/mol. The minimum absolute atomic E-state index is 0.0417. The number of urea groups is 1. The van der Waals surface area contributed by atoms with Gasteiger partial charge >= 0.3 is 6.03 Å². The number of halogens is 1. The first-order valence-electron chi connectivity index (χ1n) is 7.45. The highest BCUT2D eigenvalue weighted by Crippen LogP contribution is 2.31. The van der Waals surface area contributed by atoms with Crippen molar-refractivity contribution < 1.29 is 14.5 Å². The third-order valence-electron chi connectivity index (χ3n) is 4.16. The van der Waals surface area contributed by atoms with Crippen LogP contribution >= 0.6 is 15.9 Å². The van der Waals surface area contributed by atoms with Gasteiger partial charge in [0.1, 0.15) is 5.54 Å². The molecule has 1 atom stereocenters. The van der Waals surface area contributed by atoms with Crippen molar-refractivity contribution in [2.45, 2.75) is 19.0 Å². The highest BCUT2D eigenvalue weighted by molar-refractivity contribution is 9.10. The predicted octanol–water partition coefficient (Wildman–Crippen LogP) is 3.32. The predicted molar refractivity (Wildman–Crippen MR) is 93.7 cm³/mol. The number of carbonyl (C=O) groups excluding carboxylic acids is 2. The number of hydrogen-bond acceptors (Lipinski definition) is 4. The SMILES string of the molecule is C[C@@]1(c2cccc(Br)c2)NC(=O)N(Cc2ccc([N+](=O)[O-])cc2)C1=O. The van der Waals surface area contributed by atoms with E-state index in [2.05, 4.69) is 21.2 Å².